The number of allylic oxidation sites excluding steroid dienone is 4. The van der Waals surface area contributed by atoms with Crippen molar-refractivity contribution < 1.29 is 0 Å². The van der Waals surface area contributed by atoms with Crippen LogP contribution in [0.1, 0.15) is 103 Å². The third kappa shape index (κ3) is 10.6. The summed E-state index contributed by atoms with van der Waals surface area (Å²) in [5.74, 6) is 0.207. The summed E-state index contributed by atoms with van der Waals surface area (Å²) < 4.78 is 9.87. The standard InChI is InChI=1S/C117H87N5/c1-114(2,3)82-52-60-110-98(67-82)99-68-83(115(4,5)6)53-61-111(99)119(110)86-56-46-74(47-57-86)75-48-58-87(59-49-75)120-112-62-54-84(116(80-26-8-7-9-27-80)102-36-18-10-28-90(102)91-29-11-19-37-103(91)116)69-100(112)101-70-85(55-63-113(101)120)117(104-38-20-12-30-92(104)93-31-13-21-39-105(93)117)81-50-44-76(45-51-81)78-64-79(73-118-72-78)77-65-88(121-106-40-22-14-32-94(106)95-33-15-23-41-107(95)121)71-89(66-77)122-108-42-24-16-34-96(108)97-35-17-25-43-109(97)122/h7-73,92,104H,1-6H3. The minimum atomic E-state index is -0.614. The minimum absolute atomic E-state index is 0.0179. The molecule has 5 aromatic heterocycles. The maximum atomic E-state index is 5.14. The van der Waals surface area contributed by atoms with E-state index in [0.29, 0.717) is 0 Å². The predicted molar refractivity (Wildman–Crippen MR) is 510 cm³/mol. The maximum absolute atomic E-state index is 5.14. The molecule has 0 fully saturated rings. The van der Waals surface area contributed by atoms with Crippen LogP contribution in [-0.4, -0.2) is 23.3 Å². The van der Waals surface area contributed by atoms with Gasteiger partial charge in [-0.15, -0.1) is 0 Å². The summed E-state index contributed by atoms with van der Waals surface area (Å²) in [6, 6.07) is 141. The lowest BCUT2D eigenvalue weighted by molar-refractivity contribution is 0.457. The molecule has 5 nitrogen and oxygen atoms in total. The lowest BCUT2D eigenvalue weighted by Crippen LogP contribution is -2.35. The Balaban J connectivity index is 0.661. The van der Waals surface area contributed by atoms with Crippen LogP contribution in [0.5, 0.6) is 0 Å². The van der Waals surface area contributed by atoms with Crippen molar-refractivity contribution in [2.75, 3.05) is 0 Å². The van der Waals surface area contributed by atoms with Crippen molar-refractivity contribution in [1.82, 2.24) is 23.3 Å². The lowest BCUT2D eigenvalue weighted by atomic mass is 9.63. The molecule has 122 heavy (non-hydrogen) atoms. The van der Waals surface area contributed by atoms with Crippen LogP contribution in [0, 0.1) is 5.92 Å². The third-order valence-electron chi connectivity index (χ3n) is 27.6. The van der Waals surface area contributed by atoms with E-state index in [1.807, 2.05) is 12.4 Å². The van der Waals surface area contributed by atoms with E-state index in [1.165, 1.54) is 126 Å². The smallest absolute Gasteiger partial charge is 0.0713 e. The van der Waals surface area contributed by atoms with Gasteiger partial charge in [-0.1, -0.05) is 315 Å². The number of fused-ring (bicyclic) bond motifs is 18. The molecular weight excluding hydrogens is 1480 g/mol. The zero-order valence-electron chi connectivity index (χ0n) is 69.1. The molecule has 0 saturated heterocycles. The molecule has 0 aliphatic heterocycles. The fourth-order valence-electron chi connectivity index (χ4n) is 21.9. The Labute approximate surface area is 710 Å². The van der Waals surface area contributed by atoms with Crippen molar-refractivity contribution >= 4 is 87.2 Å². The van der Waals surface area contributed by atoms with E-state index in [9.17, 15) is 0 Å². The second-order valence-electron chi connectivity index (χ2n) is 36.1. The van der Waals surface area contributed by atoms with E-state index < -0.39 is 10.8 Å². The Morgan fingerprint density at radius 1 is 0.254 bits per heavy atom. The van der Waals surface area contributed by atoms with Crippen LogP contribution in [0.15, 0.2) is 407 Å². The zero-order chi connectivity index (χ0) is 81.5. The van der Waals surface area contributed by atoms with E-state index >= 15 is 0 Å². The van der Waals surface area contributed by atoms with Gasteiger partial charge in [-0.3, -0.25) is 4.98 Å². The third-order valence-corrected chi connectivity index (χ3v) is 27.6. The highest BCUT2D eigenvalue weighted by molar-refractivity contribution is 6.14. The average Bonchev–Trinajstić information content (AvgIpc) is 1.53. The van der Waals surface area contributed by atoms with Crippen LogP contribution in [-0.2, 0) is 21.7 Å². The van der Waals surface area contributed by atoms with Crippen molar-refractivity contribution in [3.8, 4) is 67.3 Å². The molecule has 0 radical (unpaired) electrons. The first-order valence-corrected chi connectivity index (χ1v) is 43.0. The summed E-state index contributed by atoms with van der Waals surface area (Å²) >= 11 is 0. The molecular formula is C117H87N5. The summed E-state index contributed by atoms with van der Waals surface area (Å²) in [6.45, 7) is 13.9. The molecule has 5 heteroatoms. The molecule has 3 aliphatic carbocycles. The minimum Gasteiger partial charge on any atom is -0.309 e. The molecule has 24 rings (SSSR count). The average molecular weight is 1560 g/mol. The SMILES string of the molecule is CC(C)(C)c1ccc2c(c1)c1cc(C(C)(C)C)ccc1n2-c1ccc(-c2ccc(-n3c4ccc(C5(c6ccccc6)c6ccccc6-c6ccccc65)cc4c4cc(C5(c6ccc(-c7cncc(-c8cc(-n9c%10ccccc%10c%10ccccc%109)cc(-n9c%10ccccc%10c%10ccccc%109)c8)c7)cc6)c6ccccc6C6C=CC=CC65)ccc43)cc2)cc1. The molecule has 3 aliphatic rings. The number of nitrogens with zero attached hydrogens (tertiary/aromatic N) is 5. The maximum Gasteiger partial charge on any atom is 0.0713 e. The Morgan fingerprint density at radius 3 is 1.14 bits per heavy atom. The van der Waals surface area contributed by atoms with E-state index in [-0.39, 0.29) is 22.7 Å². The van der Waals surface area contributed by atoms with Gasteiger partial charge in [0.1, 0.15) is 0 Å². The molecule has 3 unspecified atom stereocenters. The molecule has 0 spiro atoms. The first-order valence-electron chi connectivity index (χ1n) is 43.0. The van der Waals surface area contributed by atoms with E-state index in [0.717, 1.165) is 83.7 Å². The molecule has 580 valence electrons. The Morgan fingerprint density at radius 2 is 0.631 bits per heavy atom. The van der Waals surface area contributed by atoms with Crippen molar-refractivity contribution in [1.29, 1.82) is 0 Å². The fraction of sp³-hybridized carbons (Fsp3) is 0.103. The van der Waals surface area contributed by atoms with Crippen molar-refractivity contribution in [2.45, 2.75) is 69.1 Å². The number of hydrogen-bond acceptors (Lipinski definition) is 1. The molecule has 0 amide bonds. The Hall–Kier alpha value is -14.7. The predicted octanol–water partition coefficient (Wildman–Crippen LogP) is 29.6. The highest BCUT2D eigenvalue weighted by Crippen LogP contribution is 2.62. The molecule has 21 aromatic rings. The van der Waals surface area contributed by atoms with E-state index in [2.05, 4.69) is 454 Å². The quantitative estimate of drug-likeness (QED) is 0.127. The fourth-order valence-corrected chi connectivity index (χ4v) is 21.9. The number of benzene rings is 16. The van der Waals surface area contributed by atoms with Gasteiger partial charge in [-0.05, 0) is 221 Å². The summed E-state index contributed by atoms with van der Waals surface area (Å²) in [5, 5.41) is 9.89. The van der Waals surface area contributed by atoms with Gasteiger partial charge in [0, 0.05) is 101 Å². The number of aromatic nitrogens is 5. The number of pyridine rings is 1. The highest BCUT2D eigenvalue weighted by atomic mass is 15.0. The van der Waals surface area contributed by atoms with Crippen LogP contribution in [0.2, 0.25) is 0 Å². The van der Waals surface area contributed by atoms with Crippen molar-refractivity contribution in [3.63, 3.8) is 0 Å². The van der Waals surface area contributed by atoms with Gasteiger partial charge in [0.2, 0.25) is 0 Å². The lowest BCUT2D eigenvalue weighted by Gasteiger charge is -2.39. The van der Waals surface area contributed by atoms with Crippen LogP contribution >= 0.6 is 0 Å². The van der Waals surface area contributed by atoms with Crippen LogP contribution in [0.25, 0.3) is 154 Å². The van der Waals surface area contributed by atoms with Gasteiger partial charge >= 0.3 is 0 Å². The topological polar surface area (TPSA) is 32.6 Å². The van der Waals surface area contributed by atoms with Gasteiger partial charge in [0.15, 0.2) is 0 Å². The van der Waals surface area contributed by atoms with Crippen LogP contribution in [0.4, 0.5) is 0 Å². The molecule has 3 atom stereocenters. The van der Waals surface area contributed by atoms with Crippen LogP contribution < -0.4 is 0 Å². The number of rotatable bonds is 11. The van der Waals surface area contributed by atoms with Gasteiger partial charge in [0.25, 0.3) is 0 Å². The Kier molecular flexibility index (Phi) is 15.8. The first-order chi connectivity index (χ1) is 59.7. The molecule has 16 aromatic carbocycles. The molecule has 5 heterocycles. The molecule has 0 N–H and O–H groups in total. The van der Waals surface area contributed by atoms with Gasteiger partial charge in [0.05, 0.1) is 55.0 Å². The second-order valence-corrected chi connectivity index (χ2v) is 36.1. The van der Waals surface area contributed by atoms with Crippen LogP contribution in [0.3, 0.4) is 0 Å². The Bertz CT molecular complexity index is 7600. The molecule has 0 saturated carbocycles. The summed E-state index contributed by atoms with van der Waals surface area (Å²) in [5.41, 5.74) is 34.7. The highest BCUT2D eigenvalue weighted by Gasteiger charge is 2.53. The largest absolute Gasteiger partial charge is 0.309 e. The van der Waals surface area contributed by atoms with Crippen molar-refractivity contribution in [2.24, 2.45) is 5.92 Å². The monoisotopic (exact) mass is 1560 g/mol. The summed E-state index contributed by atoms with van der Waals surface area (Å²) in [6.07, 6.45) is 13.6. The summed E-state index contributed by atoms with van der Waals surface area (Å²) in [4.78, 5) is 5.14. The van der Waals surface area contributed by atoms with Gasteiger partial charge in [-0.2, -0.15) is 0 Å². The van der Waals surface area contributed by atoms with Crippen molar-refractivity contribution in [3.05, 3.63) is 462 Å². The van der Waals surface area contributed by atoms with E-state index in [4.69, 9.17) is 4.98 Å². The van der Waals surface area contributed by atoms with Gasteiger partial charge in [-0.25, -0.2) is 0 Å². The zero-order valence-corrected chi connectivity index (χ0v) is 69.1. The number of para-hydroxylation sites is 4. The normalized spacial score (nSPS) is 16.0. The number of hydrogen-bond donors (Lipinski definition) is 0. The van der Waals surface area contributed by atoms with Gasteiger partial charge < -0.3 is 18.3 Å². The molecule has 0 bridgehead atoms. The second kappa shape index (κ2) is 26.9. The van der Waals surface area contributed by atoms with E-state index in [1.54, 1.807) is 0 Å². The summed E-state index contributed by atoms with van der Waals surface area (Å²) in [7, 11) is 0. The first kappa shape index (κ1) is 71.5.